The van der Waals surface area contributed by atoms with Crippen LogP contribution < -0.4 is 9.64 Å². The number of ether oxygens (including phenoxy) is 2. The molecule has 7 nitrogen and oxygen atoms in total. The van der Waals surface area contributed by atoms with E-state index in [0.29, 0.717) is 49.9 Å². The number of nitrogens with zero attached hydrogens (tertiary/aromatic N) is 2. The zero-order valence-electron chi connectivity index (χ0n) is 17.7. The third-order valence-corrected chi connectivity index (χ3v) is 5.49. The maximum absolute atomic E-state index is 12.6. The molecule has 0 bridgehead atoms. The van der Waals surface area contributed by atoms with Crippen LogP contribution in [0.15, 0.2) is 52.9 Å². The smallest absolute Gasteiger partial charge is 0.309 e. The van der Waals surface area contributed by atoms with Gasteiger partial charge in [0.05, 0.1) is 12.5 Å². The van der Waals surface area contributed by atoms with Crippen LogP contribution in [-0.2, 0) is 9.53 Å². The van der Waals surface area contributed by atoms with Crippen molar-refractivity contribution >= 4 is 28.9 Å². The van der Waals surface area contributed by atoms with Gasteiger partial charge in [-0.05, 0) is 63.1 Å². The molecule has 162 valence electrons. The van der Waals surface area contributed by atoms with E-state index in [9.17, 15) is 9.59 Å². The number of rotatable bonds is 7. The van der Waals surface area contributed by atoms with E-state index in [0.717, 1.165) is 11.1 Å². The van der Waals surface area contributed by atoms with Crippen LogP contribution in [0.4, 0.5) is 6.01 Å². The lowest BCUT2D eigenvalue weighted by Gasteiger charge is -2.30. The van der Waals surface area contributed by atoms with Gasteiger partial charge in [0, 0.05) is 18.7 Å². The lowest BCUT2D eigenvalue weighted by atomic mass is 9.97. The number of carbonyl (C=O) groups excluding carboxylic acids is 2. The molecule has 1 fully saturated rings. The van der Waals surface area contributed by atoms with E-state index in [4.69, 9.17) is 13.9 Å². The van der Waals surface area contributed by atoms with Crippen LogP contribution in [0.1, 0.15) is 37.0 Å². The molecule has 31 heavy (non-hydrogen) atoms. The van der Waals surface area contributed by atoms with Gasteiger partial charge in [0.25, 0.3) is 6.01 Å². The van der Waals surface area contributed by atoms with Crippen molar-refractivity contribution in [3.63, 3.8) is 0 Å². The van der Waals surface area contributed by atoms with Gasteiger partial charge in [-0.15, -0.1) is 0 Å². The number of ketones is 1. The molecule has 1 aliphatic heterocycles. The maximum Gasteiger partial charge on any atom is 0.309 e. The Bertz CT molecular complexity index is 1020. The highest BCUT2D eigenvalue weighted by molar-refractivity contribution is 6.00. The Morgan fingerprint density at radius 3 is 2.52 bits per heavy atom. The van der Waals surface area contributed by atoms with Gasteiger partial charge in [-0.2, -0.15) is 4.98 Å². The molecule has 0 amide bonds. The number of piperidine rings is 1. The summed E-state index contributed by atoms with van der Waals surface area (Å²) in [5.74, 6) is -0.0880. The van der Waals surface area contributed by atoms with Gasteiger partial charge >= 0.3 is 5.97 Å². The first-order valence-corrected chi connectivity index (χ1v) is 10.6. The Morgan fingerprint density at radius 2 is 1.84 bits per heavy atom. The van der Waals surface area contributed by atoms with Crippen molar-refractivity contribution in [2.45, 2.75) is 32.8 Å². The fraction of sp³-hybridized carbons (Fsp3) is 0.375. The maximum atomic E-state index is 12.6. The van der Waals surface area contributed by atoms with Crippen LogP contribution >= 0.6 is 0 Å². The van der Waals surface area contributed by atoms with Gasteiger partial charge in [0.1, 0.15) is 11.3 Å². The summed E-state index contributed by atoms with van der Waals surface area (Å²) in [6.45, 7) is 5.37. The van der Waals surface area contributed by atoms with Gasteiger partial charge in [-0.3, -0.25) is 9.59 Å². The molecule has 0 N–H and O–H groups in total. The second-order valence-corrected chi connectivity index (χ2v) is 7.63. The number of aromatic nitrogens is 1. The molecule has 0 aliphatic carbocycles. The highest BCUT2D eigenvalue weighted by Crippen LogP contribution is 2.27. The average Bonchev–Trinajstić information content (AvgIpc) is 3.24. The number of oxazole rings is 1. The lowest BCUT2D eigenvalue weighted by Crippen LogP contribution is -2.38. The molecule has 7 heteroatoms. The molecule has 0 spiro atoms. The molecule has 2 heterocycles. The summed E-state index contributed by atoms with van der Waals surface area (Å²) >= 11 is 0. The minimum Gasteiger partial charge on any atom is -0.494 e. The topological polar surface area (TPSA) is 81.9 Å². The van der Waals surface area contributed by atoms with E-state index >= 15 is 0 Å². The molecule has 3 aromatic rings. The minimum absolute atomic E-state index is 0.222. The zero-order chi connectivity index (χ0) is 21.8. The van der Waals surface area contributed by atoms with Crippen molar-refractivity contribution in [3.8, 4) is 5.75 Å². The van der Waals surface area contributed by atoms with Gasteiger partial charge in [-0.1, -0.05) is 12.1 Å². The fourth-order valence-electron chi connectivity index (χ4n) is 3.74. The summed E-state index contributed by atoms with van der Waals surface area (Å²) in [5.41, 5.74) is 2.07. The summed E-state index contributed by atoms with van der Waals surface area (Å²) in [6, 6.07) is 15.1. The first-order chi connectivity index (χ1) is 15.0. The molecular formula is C24H26N2O5. The SMILES string of the molecule is CCOc1ccc(C(=O)C(C)OC(=O)C2CCN(c3nc4ccccc4o3)CC2)cc1. The van der Waals surface area contributed by atoms with E-state index in [-0.39, 0.29) is 17.7 Å². The lowest BCUT2D eigenvalue weighted by molar-refractivity contribution is -0.152. The normalized spacial score (nSPS) is 15.6. The van der Waals surface area contributed by atoms with E-state index in [2.05, 4.69) is 4.98 Å². The molecule has 1 atom stereocenters. The van der Waals surface area contributed by atoms with Gasteiger partial charge in [0.15, 0.2) is 11.7 Å². The molecule has 1 aliphatic rings. The predicted octanol–water partition coefficient (Wildman–Crippen LogP) is 4.26. The van der Waals surface area contributed by atoms with Crippen LogP contribution in [0.25, 0.3) is 11.1 Å². The number of benzene rings is 2. The highest BCUT2D eigenvalue weighted by Gasteiger charge is 2.30. The van der Waals surface area contributed by atoms with Crippen LogP contribution in [0.2, 0.25) is 0 Å². The number of fused-ring (bicyclic) bond motifs is 1. The third-order valence-electron chi connectivity index (χ3n) is 5.49. The van der Waals surface area contributed by atoms with Crippen LogP contribution in [0.3, 0.4) is 0 Å². The third kappa shape index (κ3) is 4.71. The van der Waals surface area contributed by atoms with Crippen molar-refractivity contribution < 1.29 is 23.5 Å². The first kappa shape index (κ1) is 20.9. The number of hydrogen-bond donors (Lipinski definition) is 0. The van der Waals surface area contributed by atoms with Gasteiger partial charge in [-0.25, -0.2) is 0 Å². The summed E-state index contributed by atoms with van der Waals surface area (Å²) < 4.78 is 16.7. The monoisotopic (exact) mass is 422 g/mol. The number of anilines is 1. The van der Waals surface area contributed by atoms with E-state index in [1.165, 1.54) is 0 Å². The molecule has 1 unspecified atom stereocenters. The van der Waals surface area contributed by atoms with E-state index < -0.39 is 6.10 Å². The number of esters is 1. The molecule has 1 aromatic heterocycles. The Morgan fingerprint density at radius 1 is 1.13 bits per heavy atom. The second-order valence-electron chi connectivity index (χ2n) is 7.63. The summed E-state index contributed by atoms with van der Waals surface area (Å²) in [4.78, 5) is 31.8. The number of carbonyl (C=O) groups is 2. The largest absolute Gasteiger partial charge is 0.494 e. The molecule has 0 radical (unpaired) electrons. The fourth-order valence-corrected chi connectivity index (χ4v) is 3.74. The number of hydrogen-bond acceptors (Lipinski definition) is 7. The molecule has 0 saturated carbocycles. The number of Topliss-reactive ketones (excluding diaryl/α,β-unsaturated/α-hetero) is 1. The van der Waals surface area contributed by atoms with E-state index in [1.807, 2.05) is 36.1 Å². The zero-order valence-corrected chi connectivity index (χ0v) is 17.7. The highest BCUT2D eigenvalue weighted by atomic mass is 16.5. The Hall–Kier alpha value is -3.35. The summed E-state index contributed by atoms with van der Waals surface area (Å²) in [6.07, 6.45) is 0.420. The number of para-hydroxylation sites is 2. The van der Waals surface area contributed by atoms with Crippen molar-refractivity contribution in [1.29, 1.82) is 0 Å². The van der Waals surface area contributed by atoms with Crippen LogP contribution in [0.5, 0.6) is 5.75 Å². The first-order valence-electron chi connectivity index (χ1n) is 10.6. The molecule has 2 aromatic carbocycles. The van der Waals surface area contributed by atoms with E-state index in [1.54, 1.807) is 31.2 Å². The van der Waals surface area contributed by atoms with Crippen LogP contribution in [0, 0.1) is 5.92 Å². The quantitative estimate of drug-likeness (QED) is 0.416. The average molecular weight is 422 g/mol. The van der Waals surface area contributed by atoms with Gasteiger partial charge in [0.2, 0.25) is 5.78 Å². The molecule has 1 saturated heterocycles. The Labute approximate surface area is 181 Å². The minimum atomic E-state index is -0.833. The van der Waals surface area contributed by atoms with Crippen LogP contribution in [-0.4, -0.2) is 42.5 Å². The Kier molecular flexibility index (Phi) is 6.21. The summed E-state index contributed by atoms with van der Waals surface area (Å²) in [7, 11) is 0. The second kappa shape index (κ2) is 9.20. The summed E-state index contributed by atoms with van der Waals surface area (Å²) in [5, 5.41) is 0. The Balaban J connectivity index is 1.30. The molecular weight excluding hydrogens is 396 g/mol. The van der Waals surface area contributed by atoms with Crippen molar-refractivity contribution in [2.24, 2.45) is 5.92 Å². The van der Waals surface area contributed by atoms with Gasteiger partial charge < -0.3 is 18.8 Å². The predicted molar refractivity (Wildman–Crippen MR) is 116 cm³/mol. The van der Waals surface area contributed by atoms with Crippen molar-refractivity contribution in [2.75, 3.05) is 24.6 Å². The molecule has 4 rings (SSSR count). The van der Waals surface area contributed by atoms with Crippen molar-refractivity contribution in [3.05, 3.63) is 54.1 Å². The van der Waals surface area contributed by atoms with Crippen molar-refractivity contribution in [1.82, 2.24) is 4.98 Å². The standard InChI is InChI=1S/C24H26N2O5/c1-3-29-19-10-8-17(9-11-19)22(27)16(2)30-23(28)18-12-14-26(15-13-18)24-25-20-6-4-5-7-21(20)31-24/h4-11,16,18H,3,12-15H2,1-2H3.